The van der Waals surface area contributed by atoms with Gasteiger partial charge in [0.15, 0.2) is 0 Å². The largest absolute Gasteiger partial charge is 0.384 e. The molecule has 0 aromatic heterocycles. The molecule has 5 heteroatoms. The Morgan fingerprint density at radius 2 is 1.80 bits per heavy atom. The number of rotatable bonds is 10. The minimum absolute atomic E-state index is 0.232. The molecule has 0 spiro atoms. The van der Waals surface area contributed by atoms with E-state index < -0.39 is 21.7 Å². The molecule has 1 aromatic carbocycles. The standard InChI is InChI=1S/C20H33NO3S/c1-7-20(22,13-12-15(2)3)19(14-16(4)5)21-25(23,24)18-11-9-8-10-17(18)6/h7-11,15-16,19,21-22H,1,12-14H2,2-6H3/t19-,20?/m0/s1. The molecule has 4 nitrogen and oxygen atoms in total. The first kappa shape index (κ1) is 21.9. The number of nitrogens with one attached hydrogen (secondary N) is 1. The van der Waals surface area contributed by atoms with E-state index in [0.29, 0.717) is 24.3 Å². The van der Waals surface area contributed by atoms with Crippen molar-refractivity contribution in [1.82, 2.24) is 4.72 Å². The molecule has 0 saturated heterocycles. The normalized spacial score (nSPS) is 16.0. The van der Waals surface area contributed by atoms with Crippen LogP contribution in [0.25, 0.3) is 0 Å². The van der Waals surface area contributed by atoms with Crippen molar-refractivity contribution in [2.75, 3.05) is 0 Å². The maximum Gasteiger partial charge on any atom is 0.241 e. The van der Waals surface area contributed by atoms with Gasteiger partial charge in [-0.3, -0.25) is 0 Å². The van der Waals surface area contributed by atoms with E-state index >= 15 is 0 Å². The van der Waals surface area contributed by atoms with Crippen molar-refractivity contribution in [2.24, 2.45) is 11.8 Å². The zero-order valence-electron chi connectivity index (χ0n) is 16.1. The summed E-state index contributed by atoms with van der Waals surface area (Å²) in [5, 5.41) is 11.1. The van der Waals surface area contributed by atoms with Crippen LogP contribution in [0.15, 0.2) is 41.8 Å². The molecule has 0 aliphatic carbocycles. The van der Waals surface area contributed by atoms with Crippen LogP contribution in [-0.4, -0.2) is 25.2 Å². The molecule has 1 aromatic rings. The van der Waals surface area contributed by atoms with Crippen LogP contribution in [0.2, 0.25) is 0 Å². The molecule has 0 heterocycles. The van der Waals surface area contributed by atoms with Crippen molar-refractivity contribution < 1.29 is 13.5 Å². The predicted octanol–water partition coefficient (Wildman–Crippen LogP) is 4.04. The number of benzene rings is 1. The van der Waals surface area contributed by atoms with Crippen LogP contribution >= 0.6 is 0 Å². The maximum absolute atomic E-state index is 12.9. The van der Waals surface area contributed by atoms with Crippen LogP contribution < -0.4 is 4.72 Å². The highest BCUT2D eigenvalue weighted by atomic mass is 32.2. The third-order valence-corrected chi connectivity index (χ3v) is 6.10. The molecule has 1 unspecified atom stereocenters. The molecule has 2 N–H and O–H groups in total. The van der Waals surface area contributed by atoms with E-state index in [1.165, 1.54) is 6.08 Å². The molecular formula is C20H33NO3S. The van der Waals surface area contributed by atoms with Gasteiger partial charge in [0.25, 0.3) is 0 Å². The third-order valence-electron chi connectivity index (χ3n) is 4.47. The summed E-state index contributed by atoms with van der Waals surface area (Å²) in [6, 6.07) is 6.25. The van der Waals surface area contributed by atoms with Crippen LogP contribution in [0.3, 0.4) is 0 Å². The van der Waals surface area contributed by atoms with Gasteiger partial charge in [-0.15, -0.1) is 6.58 Å². The molecule has 0 radical (unpaired) electrons. The summed E-state index contributed by atoms with van der Waals surface area (Å²) in [4.78, 5) is 0.249. The zero-order valence-corrected chi connectivity index (χ0v) is 16.9. The van der Waals surface area contributed by atoms with Crippen molar-refractivity contribution >= 4 is 10.0 Å². The highest BCUT2D eigenvalue weighted by molar-refractivity contribution is 7.89. The maximum atomic E-state index is 12.9. The molecule has 0 aliphatic rings. The van der Waals surface area contributed by atoms with Crippen molar-refractivity contribution in [1.29, 1.82) is 0 Å². The van der Waals surface area contributed by atoms with E-state index in [-0.39, 0.29) is 10.8 Å². The fourth-order valence-electron chi connectivity index (χ4n) is 2.87. The van der Waals surface area contributed by atoms with Crippen molar-refractivity contribution in [3.63, 3.8) is 0 Å². The van der Waals surface area contributed by atoms with Crippen LogP contribution in [0.1, 0.15) is 52.5 Å². The van der Waals surface area contributed by atoms with E-state index in [1.807, 2.05) is 19.9 Å². The molecule has 0 amide bonds. The average Bonchev–Trinajstić information content (AvgIpc) is 2.51. The van der Waals surface area contributed by atoms with Crippen molar-refractivity contribution in [2.45, 2.75) is 70.4 Å². The molecule has 25 heavy (non-hydrogen) atoms. The Morgan fingerprint density at radius 3 is 2.28 bits per heavy atom. The molecule has 142 valence electrons. The van der Waals surface area contributed by atoms with Gasteiger partial charge in [0, 0.05) is 0 Å². The Kier molecular flexibility index (Phi) is 7.85. The number of aryl methyl sites for hydroxylation is 1. The van der Waals surface area contributed by atoms with Gasteiger partial charge in [-0.05, 0) is 49.7 Å². The number of hydrogen-bond donors (Lipinski definition) is 2. The summed E-state index contributed by atoms with van der Waals surface area (Å²) in [5.74, 6) is 0.647. The fraction of sp³-hybridized carbons (Fsp3) is 0.600. The van der Waals surface area contributed by atoms with Gasteiger partial charge in [-0.2, -0.15) is 0 Å². The van der Waals surface area contributed by atoms with Crippen LogP contribution in [0.4, 0.5) is 0 Å². The Labute approximate surface area is 153 Å². The first-order valence-electron chi connectivity index (χ1n) is 8.95. The average molecular weight is 368 g/mol. The second-order valence-corrected chi connectivity index (χ2v) is 9.38. The van der Waals surface area contributed by atoms with Gasteiger partial charge in [0.2, 0.25) is 10.0 Å². The first-order chi connectivity index (χ1) is 11.5. The number of sulfonamides is 1. The Hall–Kier alpha value is -1.17. The lowest BCUT2D eigenvalue weighted by Crippen LogP contribution is -2.52. The molecule has 0 aliphatic heterocycles. The summed E-state index contributed by atoms with van der Waals surface area (Å²) >= 11 is 0. The first-order valence-corrected chi connectivity index (χ1v) is 10.4. The van der Waals surface area contributed by atoms with E-state index in [0.717, 1.165) is 6.42 Å². The summed E-state index contributed by atoms with van der Waals surface area (Å²) in [7, 11) is -3.73. The summed E-state index contributed by atoms with van der Waals surface area (Å²) in [6.45, 7) is 13.7. The van der Waals surface area contributed by atoms with Gasteiger partial charge in [-0.1, -0.05) is 52.0 Å². The second-order valence-electron chi connectivity index (χ2n) is 7.70. The van der Waals surface area contributed by atoms with Crippen molar-refractivity contribution in [3.05, 3.63) is 42.5 Å². The quantitative estimate of drug-likeness (QED) is 0.613. The minimum atomic E-state index is -3.73. The van der Waals surface area contributed by atoms with Gasteiger partial charge >= 0.3 is 0 Å². The molecule has 1 rings (SSSR count). The number of aliphatic hydroxyl groups is 1. The fourth-order valence-corrected chi connectivity index (χ4v) is 4.42. The topological polar surface area (TPSA) is 66.4 Å². The molecule has 0 bridgehead atoms. The third kappa shape index (κ3) is 6.24. The highest BCUT2D eigenvalue weighted by Crippen LogP contribution is 2.28. The Bertz CT molecular complexity index is 667. The van der Waals surface area contributed by atoms with E-state index in [9.17, 15) is 13.5 Å². The minimum Gasteiger partial charge on any atom is -0.384 e. The lowest BCUT2D eigenvalue weighted by atomic mass is 9.83. The lowest BCUT2D eigenvalue weighted by molar-refractivity contribution is 0.0358. The Morgan fingerprint density at radius 1 is 1.20 bits per heavy atom. The van der Waals surface area contributed by atoms with Gasteiger partial charge in [0.1, 0.15) is 0 Å². The molecular weight excluding hydrogens is 334 g/mol. The summed E-state index contributed by atoms with van der Waals surface area (Å²) < 4.78 is 28.5. The summed E-state index contributed by atoms with van der Waals surface area (Å²) in [6.07, 6.45) is 3.29. The zero-order chi connectivity index (χ0) is 19.3. The van der Waals surface area contributed by atoms with E-state index in [1.54, 1.807) is 25.1 Å². The second kappa shape index (κ2) is 8.97. The van der Waals surface area contributed by atoms with Crippen LogP contribution in [-0.2, 0) is 10.0 Å². The monoisotopic (exact) mass is 367 g/mol. The van der Waals surface area contributed by atoms with Crippen LogP contribution in [0.5, 0.6) is 0 Å². The molecule has 0 fully saturated rings. The summed E-state index contributed by atoms with van der Waals surface area (Å²) in [5.41, 5.74) is -0.591. The Balaban J connectivity index is 3.17. The molecule has 2 atom stereocenters. The SMILES string of the molecule is C=CC(O)(CCC(C)C)[C@H](CC(C)C)NS(=O)(=O)c1ccccc1C. The van der Waals surface area contributed by atoms with Gasteiger partial charge in [-0.25, -0.2) is 13.1 Å². The van der Waals surface area contributed by atoms with Crippen molar-refractivity contribution in [3.8, 4) is 0 Å². The van der Waals surface area contributed by atoms with Gasteiger partial charge < -0.3 is 5.11 Å². The van der Waals surface area contributed by atoms with Gasteiger partial charge in [0.05, 0.1) is 16.5 Å². The smallest absolute Gasteiger partial charge is 0.241 e. The van der Waals surface area contributed by atoms with E-state index in [2.05, 4.69) is 25.1 Å². The lowest BCUT2D eigenvalue weighted by Gasteiger charge is -2.36. The number of hydrogen-bond acceptors (Lipinski definition) is 3. The highest BCUT2D eigenvalue weighted by Gasteiger charge is 2.37. The van der Waals surface area contributed by atoms with Crippen LogP contribution in [0, 0.1) is 18.8 Å². The predicted molar refractivity (Wildman–Crippen MR) is 104 cm³/mol. The molecule has 0 saturated carbocycles. The van der Waals surface area contributed by atoms with E-state index in [4.69, 9.17) is 0 Å².